The lowest BCUT2D eigenvalue weighted by Crippen LogP contribution is -2.14. The first-order valence-corrected chi connectivity index (χ1v) is 9.26. The number of carbonyl (C=O) groups is 1. The van der Waals surface area contributed by atoms with Gasteiger partial charge in [-0.2, -0.15) is 5.10 Å². The van der Waals surface area contributed by atoms with Gasteiger partial charge in [-0.05, 0) is 31.2 Å². The number of aromatic nitrogens is 4. The summed E-state index contributed by atoms with van der Waals surface area (Å²) in [5, 5.41) is 8.55. The zero-order valence-electron chi connectivity index (χ0n) is 14.6. The minimum atomic E-state index is -0.342. The average molecular weight is 379 g/mol. The number of anilines is 1. The number of hydrogen-bond donors (Lipinski definition) is 1. The molecule has 0 aliphatic heterocycles. The van der Waals surface area contributed by atoms with Crippen LogP contribution in [0.4, 0.5) is 5.95 Å². The van der Waals surface area contributed by atoms with Crippen LogP contribution in [0.2, 0.25) is 0 Å². The van der Waals surface area contributed by atoms with Crippen LogP contribution in [0.1, 0.15) is 15.4 Å². The van der Waals surface area contributed by atoms with Crippen molar-refractivity contribution in [2.75, 3.05) is 18.5 Å². The van der Waals surface area contributed by atoms with E-state index in [0.717, 1.165) is 21.6 Å². The maximum Gasteiger partial charge on any atom is 0.348 e. The van der Waals surface area contributed by atoms with E-state index >= 15 is 0 Å². The number of fused-ring (bicyclic) bond motifs is 1. The average Bonchev–Trinajstić information content (AvgIpc) is 3.27. The Morgan fingerprint density at radius 3 is 2.74 bits per heavy atom. The number of rotatable bonds is 6. The maximum atomic E-state index is 12.4. The number of nitrogens with one attached hydrogen (secondary N) is 1. The molecular formula is C19H17N5O2S. The van der Waals surface area contributed by atoms with Crippen LogP contribution in [0, 0.1) is 6.92 Å². The van der Waals surface area contributed by atoms with Gasteiger partial charge in [0, 0.05) is 17.8 Å². The van der Waals surface area contributed by atoms with Crippen molar-refractivity contribution in [3.63, 3.8) is 0 Å². The first-order valence-electron chi connectivity index (χ1n) is 8.45. The van der Waals surface area contributed by atoms with E-state index in [1.807, 2.05) is 48.0 Å². The molecule has 1 N–H and O–H groups in total. The number of hydrogen-bond acceptors (Lipinski definition) is 7. The van der Waals surface area contributed by atoms with Crippen LogP contribution in [0.5, 0.6) is 0 Å². The summed E-state index contributed by atoms with van der Waals surface area (Å²) in [6.45, 7) is 2.61. The smallest absolute Gasteiger partial charge is 0.348 e. The van der Waals surface area contributed by atoms with Gasteiger partial charge in [0.25, 0.3) is 0 Å². The Morgan fingerprint density at radius 1 is 1.19 bits per heavy atom. The number of para-hydroxylation sites is 1. The summed E-state index contributed by atoms with van der Waals surface area (Å²) in [4.78, 5) is 22.0. The first kappa shape index (κ1) is 17.2. The molecule has 0 amide bonds. The molecule has 136 valence electrons. The molecule has 0 radical (unpaired) electrons. The fourth-order valence-corrected chi connectivity index (χ4v) is 3.74. The Kier molecular flexibility index (Phi) is 4.80. The number of carbonyl (C=O) groups excluding carboxylic acids is 1. The molecule has 0 aliphatic rings. The zero-order chi connectivity index (χ0) is 18.6. The predicted molar refractivity (Wildman–Crippen MR) is 104 cm³/mol. The molecule has 8 heteroatoms. The molecule has 0 spiro atoms. The summed E-state index contributed by atoms with van der Waals surface area (Å²) in [7, 11) is 0. The summed E-state index contributed by atoms with van der Waals surface area (Å²) in [6.07, 6.45) is 3.30. The van der Waals surface area contributed by atoms with Gasteiger partial charge in [0.1, 0.15) is 16.3 Å². The molecule has 1 aromatic carbocycles. The van der Waals surface area contributed by atoms with Crippen molar-refractivity contribution in [3.8, 4) is 5.69 Å². The molecule has 3 heterocycles. The zero-order valence-corrected chi connectivity index (χ0v) is 15.4. The Labute approximate surface area is 159 Å². The highest BCUT2D eigenvalue weighted by Crippen LogP contribution is 2.30. The van der Waals surface area contributed by atoms with Crippen molar-refractivity contribution in [1.29, 1.82) is 0 Å². The van der Waals surface area contributed by atoms with Crippen LogP contribution in [0.3, 0.4) is 0 Å². The Hall–Kier alpha value is -3.26. The van der Waals surface area contributed by atoms with E-state index < -0.39 is 0 Å². The fraction of sp³-hybridized carbons (Fsp3) is 0.158. The summed E-state index contributed by atoms with van der Waals surface area (Å²) in [5.74, 6) is 0.167. The van der Waals surface area contributed by atoms with Crippen molar-refractivity contribution in [2.45, 2.75) is 6.92 Å². The summed E-state index contributed by atoms with van der Waals surface area (Å²) < 4.78 is 7.22. The molecule has 0 unspecified atom stereocenters. The molecule has 0 bridgehead atoms. The fourth-order valence-electron chi connectivity index (χ4n) is 2.66. The number of thiophene rings is 1. The minimum Gasteiger partial charge on any atom is -0.460 e. The third-order valence-electron chi connectivity index (χ3n) is 3.93. The topological polar surface area (TPSA) is 81.9 Å². The molecule has 4 aromatic rings. The highest BCUT2D eigenvalue weighted by atomic mass is 32.1. The van der Waals surface area contributed by atoms with Crippen LogP contribution < -0.4 is 5.32 Å². The normalized spacial score (nSPS) is 10.9. The van der Waals surface area contributed by atoms with Gasteiger partial charge in [0.05, 0.1) is 17.9 Å². The third-order valence-corrected chi connectivity index (χ3v) is 5.02. The highest BCUT2D eigenvalue weighted by molar-refractivity contribution is 7.20. The molecule has 0 saturated carbocycles. The second-order valence-corrected chi connectivity index (χ2v) is 6.83. The second kappa shape index (κ2) is 7.55. The minimum absolute atomic E-state index is 0.231. The van der Waals surface area contributed by atoms with Crippen molar-refractivity contribution in [2.24, 2.45) is 0 Å². The van der Waals surface area contributed by atoms with E-state index in [4.69, 9.17) is 4.74 Å². The quantitative estimate of drug-likeness (QED) is 0.408. The van der Waals surface area contributed by atoms with Crippen molar-refractivity contribution in [3.05, 3.63) is 65.4 Å². The van der Waals surface area contributed by atoms with Gasteiger partial charge in [-0.1, -0.05) is 18.2 Å². The van der Waals surface area contributed by atoms with Gasteiger partial charge in [0.15, 0.2) is 0 Å². The van der Waals surface area contributed by atoms with Crippen LogP contribution in [0.15, 0.2) is 54.9 Å². The monoisotopic (exact) mass is 379 g/mol. The van der Waals surface area contributed by atoms with Crippen LogP contribution in [-0.4, -0.2) is 38.9 Å². The highest BCUT2D eigenvalue weighted by Gasteiger charge is 2.18. The van der Waals surface area contributed by atoms with Gasteiger partial charge >= 0.3 is 5.97 Å². The van der Waals surface area contributed by atoms with Gasteiger partial charge in [-0.15, -0.1) is 11.3 Å². The molecule has 4 rings (SSSR count). The number of ether oxygens (including phenoxy) is 1. The van der Waals surface area contributed by atoms with E-state index in [0.29, 0.717) is 17.4 Å². The number of nitrogens with zero attached hydrogens (tertiary/aromatic N) is 4. The van der Waals surface area contributed by atoms with Gasteiger partial charge in [0.2, 0.25) is 5.95 Å². The van der Waals surface area contributed by atoms with Gasteiger partial charge in [-0.3, -0.25) is 0 Å². The molecule has 3 aromatic heterocycles. The van der Waals surface area contributed by atoms with Crippen LogP contribution in [-0.2, 0) is 4.74 Å². The summed E-state index contributed by atoms with van der Waals surface area (Å²) in [5.41, 5.74) is 1.84. The van der Waals surface area contributed by atoms with Gasteiger partial charge in [-0.25, -0.2) is 19.4 Å². The molecular weight excluding hydrogens is 362 g/mol. The predicted octanol–water partition coefficient (Wildman–Crippen LogP) is 3.45. The number of aryl methyl sites for hydroxylation is 1. The molecule has 0 fully saturated rings. The number of benzene rings is 1. The SMILES string of the molecule is Cc1nn(-c2ccccc2)c2sc(C(=O)OCCNc3ncccn3)cc12. The Morgan fingerprint density at radius 2 is 1.96 bits per heavy atom. The molecule has 0 saturated heterocycles. The molecule has 27 heavy (non-hydrogen) atoms. The Balaban J connectivity index is 1.45. The van der Waals surface area contributed by atoms with E-state index in [-0.39, 0.29) is 12.6 Å². The van der Waals surface area contributed by atoms with E-state index in [1.165, 1.54) is 11.3 Å². The lowest BCUT2D eigenvalue weighted by molar-refractivity contribution is 0.0526. The molecule has 0 aliphatic carbocycles. The van der Waals surface area contributed by atoms with Crippen molar-refractivity contribution in [1.82, 2.24) is 19.7 Å². The van der Waals surface area contributed by atoms with Gasteiger partial charge < -0.3 is 10.1 Å². The van der Waals surface area contributed by atoms with E-state index in [1.54, 1.807) is 18.5 Å². The third kappa shape index (κ3) is 3.65. The second-order valence-electron chi connectivity index (χ2n) is 5.80. The van der Waals surface area contributed by atoms with E-state index in [2.05, 4.69) is 20.4 Å². The lowest BCUT2D eigenvalue weighted by atomic mass is 10.3. The maximum absolute atomic E-state index is 12.4. The van der Waals surface area contributed by atoms with Crippen LogP contribution in [0.25, 0.3) is 15.9 Å². The molecule has 7 nitrogen and oxygen atoms in total. The van der Waals surface area contributed by atoms with Crippen molar-refractivity contribution < 1.29 is 9.53 Å². The Bertz CT molecular complexity index is 1060. The summed E-state index contributed by atoms with van der Waals surface area (Å²) in [6, 6.07) is 13.4. The molecule has 0 atom stereocenters. The standard InChI is InChI=1S/C19H17N5O2S/c1-13-15-12-16(18(25)26-11-10-22-19-20-8-5-9-21-19)27-17(15)24(23-13)14-6-3-2-4-7-14/h2-9,12H,10-11H2,1H3,(H,20,21,22). The summed E-state index contributed by atoms with van der Waals surface area (Å²) >= 11 is 1.38. The van der Waals surface area contributed by atoms with Crippen molar-refractivity contribution >= 4 is 33.5 Å². The number of esters is 1. The van der Waals surface area contributed by atoms with Crippen LogP contribution >= 0.6 is 11.3 Å². The lowest BCUT2D eigenvalue weighted by Gasteiger charge is -2.05. The first-order chi connectivity index (χ1) is 13.2. The largest absolute Gasteiger partial charge is 0.460 e. The van der Waals surface area contributed by atoms with E-state index in [9.17, 15) is 4.79 Å².